The van der Waals surface area contributed by atoms with Crippen molar-refractivity contribution in [2.75, 3.05) is 20.2 Å². The van der Waals surface area contributed by atoms with E-state index in [9.17, 15) is 13.6 Å². The molecule has 1 amide bonds. The lowest BCUT2D eigenvalue weighted by Crippen LogP contribution is -2.41. The van der Waals surface area contributed by atoms with Crippen LogP contribution in [0.5, 0.6) is 0 Å². The lowest BCUT2D eigenvalue weighted by Gasteiger charge is -2.31. The summed E-state index contributed by atoms with van der Waals surface area (Å²) in [6, 6.07) is 0.638. The summed E-state index contributed by atoms with van der Waals surface area (Å²) in [6.07, 6.45) is 1.41. The zero-order chi connectivity index (χ0) is 17.7. The fraction of sp³-hybridized carbons (Fsp3) is 0.938. The summed E-state index contributed by atoms with van der Waals surface area (Å²) in [5.74, 6) is -2.60. The van der Waals surface area contributed by atoms with Gasteiger partial charge in [-0.25, -0.2) is 13.6 Å². The first kappa shape index (κ1) is 20.4. The predicted molar refractivity (Wildman–Crippen MR) is 91.6 cm³/mol. The molecule has 0 radical (unpaired) electrons. The van der Waals surface area contributed by atoms with Crippen molar-refractivity contribution in [3.8, 4) is 0 Å². The van der Waals surface area contributed by atoms with E-state index in [0.717, 1.165) is 12.5 Å². The highest BCUT2D eigenvalue weighted by Gasteiger charge is 2.36. The molecule has 0 spiro atoms. The Morgan fingerprint density at radius 1 is 1.43 bits per heavy atom. The number of halogens is 2. The summed E-state index contributed by atoms with van der Waals surface area (Å²) < 4.78 is 32.1. The maximum absolute atomic E-state index is 13.4. The van der Waals surface area contributed by atoms with Crippen molar-refractivity contribution in [1.82, 2.24) is 4.90 Å². The molecular formula is C16H32F2N2O2Si. The molecule has 0 aromatic heterocycles. The van der Waals surface area contributed by atoms with Gasteiger partial charge in [-0.3, -0.25) is 0 Å². The quantitative estimate of drug-likeness (QED) is 0.708. The van der Waals surface area contributed by atoms with Crippen LogP contribution < -0.4 is 5.73 Å². The number of carbonyl (C=O) groups is 1. The molecule has 0 heterocycles. The Bertz CT molecular complexity index is 389. The smallest absolute Gasteiger partial charge is 0.409 e. The molecule has 1 aliphatic carbocycles. The summed E-state index contributed by atoms with van der Waals surface area (Å²) in [6.45, 7) is 7.44. The van der Waals surface area contributed by atoms with Crippen LogP contribution in [0.25, 0.3) is 0 Å². The normalized spacial score (nSPS) is 22.5. The first-order valence-corrected chi connectivity index (χ1v) is 12.2. The summed E-state index contributed by atoms with van der Waals surface area (Å²) in [4.78, 5) is 13.4. The highest BCUT2D eigenvalue weighted by atomic mass is 28.3. The molecule has 0 aromatic rings. The van der Waals surface area contributed by atoms with E-state index < -0.39 is 14.0 Å². The van der Waals surface area contributed by atoms with E-state index in [1.54, 1.807) is 7.05 Å². The molecule has 0 saturated heterocycles. The molecule has 1 fully saturated rings. The second-order valence-electron chi connectivity index (χ2n) is 8.12. The third kappa shape index (κ3) is 8.65. The molecule has 136 valence electrons. The number of rotatable bonds is 7. The Morgan fingerprint density at radius 3 is 2.65 bits per heavy atom. The number of nitrogens with zero attached hydrogens (tertiary/aromatic N) is 1. The number of amides is 1. The molecule has 7 heteroatoms. The standard InChI is InChI=1S/C16H32F2N2O2Si/c1-20(15(21)22-8-9-23(2,3)4)12-14(19)10-13-6-5-7-16(17,18)11-13/h13-14H,5-12,19H2,1-4H3/t13?,14-/m0/s1. The van der Waals surface area contributed by atoms with E-state index >= 15 is 0 Å². The van der Waals surface area contributed by atoms with Crippen molar-refractivity contribution in [2.45, 2.75) is 69.8 Å². The Kier molecular flexibility index (Phi) is 7.45. The Balaban J connectivity index is 2.29. The zero-order valence-electron chi connectivity index (χ0n) is 14.9. The molecule has 2 N–H and O–H groups in total. The Labute approximate surface area is 139 Å². The number of likely N-dealkylation sites (N-methyl/N-ethyl adjacent to an activating group) is 1. The minimum absolute atomic E-state index is 0.0118. The average molecular weight is 351 g/mol. The molecule has 0 bridgehead atoms. The van der Waals surface area contributed by atoms with Crippen LogP contribution in [0.4, 0.5) is 13.6 Å². The summed E-state index contributed by atoms with van der Waals surface area (Å²) in [5, 5.41) is 0. The number of hydrogen-bond donors (Lipinski definition) is 1. The molecule has 4 nitrogen and oxygen atoms in total. The summed E-state index contributed by atoms with van der Waals surface area (Å²) in [5.41, 5.74) is 6.04. The SMILES string of the molecule is CN(C[C@@H](N)CC1CCCC(F)(F)C1)C(=O)OCC[Si](C)(C)C. The van der Waals surface area contributed by atoms with Crippen molar-refractivity contribution in [3.63, 3.8) is 0 Å². The van der Waals surface area contributed by atoms with E-state index in [0.29, 0.717) is 26.0 Å². The van der Waals surface area contributed by atoms with Crippen molar-refractivity contribution in [2.24, 2.45) is 11.7 Å². The fourth-order valence-corrected chi connectivity index (χ4v) is 3.68. The third-order valence-corrected chi connectivity index (χ3v) is 5.98. The second kappa shape index (κ2) is 8.42. The van der Waals surface area contributed by atoms with Gasteiger partial charge in [0.1, 0.15) is 0 Å². The van der Waals surface area contributed by atoms with Crippen LogP contribution in [0.15, 0.2) is 0 Å². The number of nitrogens with two attached hydrogens (primary N) is 1. The lowest BCUT2D eigenvalue weighted by molar-refractivity contribution is -0.0545. The van der Waals surface area contributed by atoms with Gasteiger partial charge in [0.2, 0.25) is 5.92 Å². The van der Waals surface area contributed by atoms with Gasteiger partial charge in [-0.1, -0.05) is 19.6 Å². The van der Waals surface area contributed by atoms with Crippen LogP contribution in [-0.4, -0.2) is 51.2 Å². The molecule has 0 aromatic carbocycles. The van der Waals surface area contributed by atoms with Crippen LogP contribution >= 0.6 is 0 Å². The Hall–Kier alpha value is -0.693. The third-order valence-electron chi connectivity index (χ3n) is 4.28. The van der Waals surface area contributed by atoms with E-state index in [2.05, 4.69) is 19.6 Å². The topological polar surface area (TPSA) is 55.6 Å². The van der Waals surface area contributed by atoms with E-state index in [1.165, 1.54) is 4.90 Å². The van der Waals surface area contributed by atoms with Crippen molar-refractivity contribution in [3.05, 3.63) is 0 Å². The molecule has 23 heavy (non-hydrogen) atoms. The van der Waals surface area contributed by atoms with Crippen LogP contribution in [0.1, 0.15) is 32.1 Å². The van der Waals surface area contributed by atoms with Crippen molar-refractivity contribution < 1.29 is 18.3 Å². The van der Waals surface area contributed by atoms with Gasteiger partial charge in [-0.15, -0.1) is 0 Å². The largest absolute Gasteiger partial charge is 0.450 e. The van der Waals surface area contributed by atoms with Gasteiger partial charge in [0.25, 0.3) is 0 Å². The van der Waals surface area contributed by atoms with Gasteiger partial charge in [-0.2, -0.15) is 0 Å². The van der Waals surface area contributed by atoms with Crippen LogP contribution in [-0.2, 0) is 4.74 Å². The first-order chi connectivity index (χ1) is 10.5. The van der Waals surface area contributed by atoms with E-state index in [-0.39, 0.29) is 30.9 Å². The van der Waals surface area contributed by atoms with Gasteiger partial charge in [0, 0.05) is 40.5 Å². The highest BCUT2D eigenvalue weighted by Crippen LogP contribution is 2.38. The van der Waals surface area contributed by atoms with Gasteiger partial charge in [0.15, 0.2) is 0 Å². The first-order valence-electron chi connectivity index (χ1n) is 8.50. The van der Waals surface area contributed by atoms with Crippen LogP contribution in [0.2, 0.25) is 25.7 Å². The minimum Gasteiger partial charge on any atom is -0.450 e. The number of alkyl halides is 2. The van der Waals surface area contributed by atoms with E-state index in [1.807, 2.05) is 0 Å². The summed E-state index contributed by atoms with van der Waals surface area (Å²) >= 11 is 0. The van der Waals surface area contributed by atoms with Gasteiger partial charge in [0.05, 0.1) is 6.61 Å². The molecule has 1 aliphatic rings. The lowest BCUT2D eigenvalue weighted by atomic mass is 9.82. The van der Waals surface area contributed by atoms with Crippen molar-refractivity contribution in [1.29, 1.82) is 0 Å². The highest BCUT2D eigenvalue weighted by molar-refractivity contribution is 6.76. The van der Waals surface area contributed by atoms with Crippen LogP contribution in [0.3, 0.4) is 0 Å². The molecule has 1 rings (SSSR count). The summed E-state index contributed by atoms with van der Waals surface area (Å²) in [7, 11) is 0.420. The fourth-order valence-electron chi connectivity index (χ4n) is 2.96. The predicted octanol–water partition coefficient (Wildman–Crippen LogP) is 3.94. The Morgan fingerprint density at radius 2 is 2.09 bits per heavy atom. The van der Waals surface area contributed by atoms with Gasteiger partial charge < -0.3 is 15.4 Å². The second-order valence-corrected chi connectivity index (χ2v) is 13.7. The molecule has 0 aliphatic heterocycles. The van der Waals surface area contributed by atoms with E-state index in [4.69, 9.17) is 10.5 Å². The monoisotopic (exact) mass is 350 g/mol. The molecule has 1 unspecified atom stereocenters. The maximum Gasteiger partial charge on any atom is 0.409 e. The van der Waals surface area contributed by atoms with Crippen molar-refractivity contribution >= 4 is 14.2 Å². The zero-order valence-corrected chi connectivity index (χ0v) is 15.9. The number of ether oxygens (including phenoxy) is 1. The van der Waals surface area contributed by atoms with Crippen LogP contribution in [0, 0.1) is 5.92 Å². The van der Waals surface area contributed by atoms with Gasteiger partial charge in [-0.05, 0) is 31.2 Å². The molecule has 1 saturated carbocycles. The average Bonchev–Trinajstić information content (AvgIpc) is 2.35. The maximum atomic E-state index is 13.4. The minimum atomic E-state index is -2.55. The molecule has 2 atom stereocenters. The molecular weight excluding hydrogens is 318 g/mol. The number of carbonyl (C=O) groups excluding carboxylic acids is 1. The number of hydrogen-bond acceptors (Lipinski definition) is 3. The van der Waals surface area contributed by atoms with Gasteiger partial charge >= 0.3 is 6.09 Å².